The van der Waals surface area contributed by atoms with Crippen LogP contribution in [0, 0.1) is 18.8 Å². The fraction of sp³-hybridized carbons (Fsp3) is 0.0508. The highest BCUT2D eigenvalue weighted by Crippen LogP contribution is 2.68. The first-order valence-electron chi connectivity index (χ1n) is 20.9. The van der Waals surface area contributed by atoms with Crippen molar-refractivity contribution in [1.29, 1.82) is 0 Å². The highest BCUT2D eigenvalue weighted by molar-refractivity contribution is 6.25. The van der Waals surface area contributed by atoms with E-state index < -0.39 is 0 Å². The molecule has 0 heterocycles. The normalized spacial score (nSPS) is 17.0. The number of aryl methyl sites for hydroxylation is 1. The lowest BCUT2D eigenvalue weighted by Crippen LogP contribution is -2.18. The lowest BCUT2D eigenvalue weighted by Gasteiger charge is -2.31. The molecular weight excluding hydrogens is 709 g/mol. The lowest BCUT2D eigenvalue weighted by molar-refractivity contribution is 0.759. The highest BCUT2D eigenvalue weighted by Gasteiger charge is 2.51. The van der Waals surface area contributed by atoms with Crippen molar-refractivity contribution in [1.82, 2.24) is 0 Å². The second-order valence-electron chi connectivity index (χ2n) is 16.6. The van der Waals surface area contributed by atoms with Crippen LogP contribution in [0.4, 0.5) is 0 Å². The molecule has 0 amide bonds. The Hall–Kier alpha value is -7.28. The minimum absolute atomic E-state index is 0.185. The average molecular weight is 747 g/mol. The first-order chi connectivity index (χ1) is 29.2. The van der Waals surface area contributed by atoms with Gasteiger partial charge in [-0.25, -0.2) is 0 Å². The van der Waals surface area contributed by atoms with Crippen LogP contribution in [0.25, 0.3) is 99.1 Å². The van der Waals surface area contributed by atoms with E-state index in [1.807, 2.05) is 0 Å². The van der Waals surface area contributed by atoms with Gasteiger partial charge in [-0.15, -0.1) is 0 Å². The third-order valence-electron chi connectivity index (χ3n) is 13.7. The van der Waals surface area contributed by atoms with Gasteiger partial charge in [0, 0.05) is 11.8 Å². The van der Waals surface area contributed by atoms with Crippen molar-refractivity contribution >= 4 is 54.6 Å². The predicted molar refractivity (Wildman–Crippen MR) is 251 cm³/mol. The van der Waals surface area contributed by atoms with E-state index in [4.69, 9.17) is 0 Å². The molecule has 4 aliphatic rings. The van der Waals surface area contributed by atoms with E-state index in [0.29, 0.717) is 0 Å². The zero-order valence-electron chi connectivity index (χ0n) is 32.7. The first kappa shape index (κ1) is 32.8. The summed E-state index contributed by atoms with van der Waals surface area (Å²) in [6, 6.07) is 65.4. The Morgan fingerprint density at radius 1 is 0.288 bits per heavy atom. The second-order valence-corrected chi connectivity index (χ2v) is 16.6. The molecule has 0 saturated carbocycles. The van der Waals surface area contributed by atoms with Crippen LogP contribution in [0.3, 0.4) is 0 Å². The summed E-state index contributed by atoms with van der Waals surface area (Å²) in [5.41, 5.74) is 23.1. The van der Waals surface area contributed by atoms with Crippen LogP contribution in [-0.2, 0) is 0 Å². The van der Waals surface area contributed by atoms with Crippen LogP contribution in [0.15, 0.2) is 200 Å². The molecule has 0 saturated heterocycles. The third kappa shape index (κ3) is 4.49. The van der Waals surface area contributed by atoms with E-state index >= 15 is 0 Å². The molecule has 9 aromatic rings. The summed E-state index contributed by atoms with van der Waals surface area (Å²) in [4.78, 5) is 0. The van der Waals surface area contributed by atoms with Crippen molar-refractivity contribution in [3.63, 3.8) is 0 Å². The molecular formula is C59H38. The number of hydrogen-bond acceptors (Lipinski definition) is 0. The van der Waals surface area contributed by atoms with Gasteiger partial charge in [-0.3, -0.25) is 0 Å². The van der Waals surface area contributed by atoms with Gasteiger partial charge in [0.15, 0.2) is 0 Å². The third-order valence-corrected chi connectivity index (χ3v) is 13.7. The van der Waals surface area contributed by atoms with Gasteiger partial charge in [-0.1, -0.05) is 188 Å². The maximum absolute atomic E-state index is 2.52. The maximum Gasteiger partial charge on any atom is 0.0212 e. The molecule has 0 radical (unpaired) electrons. The Labute approximate surface area is 344 Å². The Morgan fingerprint density at radius 2 is 0.627 bits per heavy atom. The molecule has 4 aliphatic carbocycles. The molecule has 9 aromatic carbocycles. The number of hydrogen-bond donors (Lipinski definition) is 0. The molecule has 13 rings (SSSR count). The molecule has 0 aliphatic heterocycles. The number of fused-ring (bicyclic) bond motifs is 9. The molecule has 0 bridgehead atoms. The van der Waals surface area contributed by atoms with Gasteiger partial charge in [0.2, 0.25) is 0 Å². The Balaban J connectivity index is 1.19. The Kier molecular flexibility index (Phi) is 6.86. The highest BCUT2D eigenvalue weighted by atomic mass is 14.5. The number of rotatable bonds is 4. The smallest absolute Gasteiger partial charge is 0.0212 e. The van der Waals surface area contributed by atoms with E-state index in [1.165, 1.54) is 127 Å². The van der Waals surface area contributed by atoms with Crippen LogP contribution in [0.5, 0.6) is 0 Å². The maximum atomic E-state index is 2.52. The standard InChI is InChI=1S/C59H38/c1-35-17-11-14-26-41(35)53-43-28-16-15-27-42(43)50(36-18-5-2-6-19-36)56-44-29-30-45-54-46(31-32-47(55(44)54)59(53)56)58-52(38-22-9-4-10-23-38)49-34-40-25-13-12-24-39(40)33-48(49)51(57(45)58)37-20-7-3-8-21-37/h2-34,54-55H,1H3. The molecule has 0 aromatic heterocycles. The molecule has 274 valence electrons. The van der Waals surface area contributed by atoms with E-state index in [9.17, 15) is 0 Å². The SMILES string of the molecule is Cc1ccccc1-c1c2c(c(-c3ccccc3)c3ccccc13)C1=CC=C3c4c(c(-c5ccccc5)c5cc6ccccc6cc5c4-c4ccccc4)C4=CC=C2C1C34. The summed E-state index contributed by atoms with van der Waals surface area (Å²) in [7, 11) is 0. The van der Waals surface area contributed by atoms with Crippen molar-refractivity contribution in [3.8, 4) is 44.5 Å². The van der Waals surface area contributed by atoms with Crippen molar-refractivity contribution in [2.45, 2.75) is 6.92 Å². The van der Waals surface area contributed by atoms with E-state index in [0.717, 1.165) is 0 Å². The van der Waals surface area contributed by atoms with Gasteiger partial charge in [0.05, 0.1) is 0 Å². The van der Waals surface area contributed by atoms with Crippen LogP contribution in [0.1, 0.15) is 27.8 Å². The monoisotopic (exact) mass is 746 g/mol. The average Bonchev–Trinajstić information content (AvgIpc) is 3.80. The van der Waals surface area contributed by atoms with Gasteiger partial charge in [0.1, 0.15) is 0 Å². The fourth-order valence-electron chi connectivity index (χ4n) is 11.4. The van der Waals surface area contributed by atoms with Crippen molar-refractivity contribution in [2.24, 2.45) is 11.8 Å². The molecule has 2 atom stereocenters. The van der Waals surface area contributed by atoms with Gasteiger partial charge in [0.25, 0.3) is 0 Å². The zero-order valence-corrected chi connectivity index (χ0v) is 32.7. The Morgan fingerprint density at radius 3 is 1.07 bits per heavy atom. The predicted octanol–water partition coefficient (Wildman–Crippen LogP) is 15.6. The minimum atomic E-state index is 0.185. The van der Waals surface area contributed by atoms with E-state index in [-0.39, 0.29) is 11.8 Å². The number of allylic oxidation sites excluding steroid dienone is 8. The topological polar surface area (TPSA) is 0 Å². The fourth-order valence-corrected chi connectivity index (χ4v) is 11.4. The summed E-state index contributed by atoms with van der Waals surface area (Å²) >= 11 is 0. The number of benzene rings is 9. The second kappa shape index (κ2) is 12.4. The Bertz CT molecular complexity index is 3410. The van der Waals surface area contributed by atoms with Crippen molar-refractivity contribution in [3.05, 3.63) is 228 Å². The lowest BCUT2D eigenvalue weighted by atomic mass is 9.71. The molecule has 2 unspecified atom stereocenters. The summed E-state index contributed by atoms with van der Waals surface area (Å²) in [5, 5.41) is 7.78. The van der Waals surface area contributed by atoms with Crippen molar-refractivity contribution < 1.29 is 0 Å². The van der Waals surface area contributed by atoms with E-state index in [2.05, 4.69) is 207 Å². The van der Waals surface area contributed by atoms with Gasteiger partial charge in [-0.05, 0) is 146 Å². The molecule has 0 nitrogen and oxygen atoms in total. The molecule has 0 heteroatoms. The first-order valence-corrected chi connectivity index (χ1v) is 20.9. The van der Waals surface area contributed by atoms with Gasteiger partial charge in [-0.2, -0.15) is 0 Å². The molecule has 0 N–H and O–H groups in total. The molecule has 0 spiro atoms. The van der Waals surface area contributed by atoms with Crippen LogP contribution < -0.4 is 0 Å². The molecule has 59 heavy (non-hydrogen) atoms. The summed E-state index contributed by atoms with van der Waals surface area (Å²) in [6.07, 6.45) is 10.1. The summed E-state index contributed by atoms with van der Waals surface area (Å²) < 4.78 is 0. The van der Waals surface area contributed by atoms with Crippen LogP contribution >= 0.6 is 0 Å². The van der Waals surface area contributed by atoms with Crippen LogP contribution in [-0.4, -0.2) is 0 Å². The van der Waals surface area contributed by atoms with Gasteiger partial charge < -0.3 is 0 Å². The summed E-state index contributed by atoms with van der Waals surface area (Å²) in [5.74, 6) is 0.374. The largest absolute Gasteiger partial charge is 0.0622 e. The van der Waals surface area contributed by atoms with Crippen LogP contribution in [0.2, 0.25) is 0 Å². The van der Waals surface area contributed by atoms with Crippen molar-refractivity contribution in [2.75, 3.05) is 0 Å². The summed E-state index contributed by atoms with van der Waals surface area (Å²) in [6.45, 7) is 2.27. The van der Waals surface area contributed by atoms with E-state index in [1.54, 1.807) is 0 Å². The minimum Gasteiger partial charge on any atom is -0.0622 e. The van der Waals surface area contributed by atoms with Gasteiger partial charge >= 0.3 is 0 Å². The zero-order chi connectivity index (χ0) is 38.8. The molecule has 0 fully saturated rings. The quantitative estimate of drug-likeness (QED) is 0.157.